The maximum atomic E-state index is 11.4. The highest BCUT2D eigenvalue weighted by Gasteiger charge is 2.06. The van der Waals surface area contributed by atoms with Crippen molar-refractivity contribution in [1.29, 1.82) is 0 Å². The lowest BCUT2D eigenvalue weighted by Crippen LogP contribution is -2.00. The lowest BCUT2D eigenvalue weighted by molar-refractivity contribution is 0.0988. The number of carbonyl (C=O) groups excluding carboxylic acids is 1. The molecule has 84 valence electrons. The minimum atomic E-state index is 0.144. The number of tetrazole rings is 1. The first-order valence-electron chi connectivity index (χ1n) is 5.11. The van der Waals surface area contributed by atoms with Crippen LogP contribution in [-0.2, 0) is 13.6 Å². The zero-order valence-corrected chi connectivity index (χ0v) is 9.29. The predicted octanol–water partition coefficient (Wildman–Crippen LogP) is 0.653. The van der Waals surface area contributed by atoms with Gasteiger partial charge in [-0.2, -0.15) is 4.80 Å². The van der Waals surface area contributed by atoms with Crippen molar-refractivity contribution in [2.75, 3.05) is 0 Å². The molecule has 0 aliphatic heterocycles. The van der Waals surface area contributed by atoms with Crippen LogP contribution in [0.4, 0.5) is 0 Å². The fourth-order valence-electron chi connectivity index (χ4n) is 1.46. The number of hydrogen-bond acceptors (Lipinski definition) is 4. The molecule has 0 saturated carbocycles. The van der Waals surface area contributed by atoms with Crippen LogP contribution >= 0.6 is 0 Å². The second kappa shape index (κ2) is 4.26. The van der Waals surface area contributed by atoms with Crippen molar-refractivity contribution in [3.8, 4) is 0 Å². The van der Waals surface area contributed by atoms with Gasteiger partial charge in [0.2, 0.25) is 0 Å². The van der Waals surface area contributed by atoms with E-state index in [1.807, 2.05) is 30.0 Å². The van der Waals surface area contributed by atoms with Gasteiger partial charge in [-0.15, -0.1) is 10.2 Å². The van der Waals surface area contributed by atoms with Crippen molar-refractivity contribution in [1.82, 2.24) is 24.8 Å². The molecule has 0 aliphatic carbocycles. The van der Waals surface area contributed by atoms with Crippen molar-refractivity contribution >= 4 is 5.78 Å². The van der Waals surface area contributed by atoms with Crippen molar-refractivity contribution in [3.05, 3.63) is 29.8 Å². The molecule has 0 N–H and O–H groups in total. The van der Waals surface area contributed by atoms with E-state index >= 15 is 0 Å². The molecular formula is C10H13N5O. The molecule has 16 heavy (non-hydrogen) atoms. The van der Waals surface area contributed by atoms with E-state index in [-0.39, 0.29) is 5.78 Å². The summed E-state index contributed by atoms with van der Waals surface area (Å²) >= 11 is 0. The van der Waals surface area contributed by atoms with E-state index in [4.69, 9.17) is 0 Å². The smallest absolute Gasteiger partial charge is 0.194 e. The van der Waals surface area contributed by atoms with Gasteiger partial charge >= 0.3 is 0 Å². The van der Waals surface area contributed by atoms with E-state index in [0.717, 1.165) is 5.56 Å². The summed E-state index contributed by atoms with van der Waals surface area (Å²) in [6.45, 7) is 2.38. The van der Waals surface area contributed by atoms with E-state index in [0.29, 0.717) is 18.8 Å². The Kier molecular flexibility index (Phi) is 2.80. The van der Waals surface area contributed by atoms with Gasteiger partial charge in [-0.25, -0.2) is 0 Å². The van der Waals surface area contributed by atoms with Crippen molar-refractivity contribution in [3.63, 3.8) is 0 Å². The topological polar surface area (TPSA) is 65.6 Å². The van der Waals surface area contributed by atoms with Crippen molar-refractivity contribution in [2.24, 2.45) is 7.05 Å². The van der Waals surface area contributed by atoms with Gasteiger partial charge in [-0.3, -0.25) is 4.79 Å². The Bertz CT molecular complexity index is 499. The van der Waals surface area contributed by atoms with Gasteiger partial charge in [0, 0.05) is 24.4 Å². The molecule has 0 spiro atoms. The van der Waals surface area contributed by atoms with Gasteiger partial charge in [0.25, 0.3) is 0 Å². The highest BCUT2D eigenvalue weighted by Crippen LogP contribution is 2.05. The van der Waals surface area contributed by atoms with Crippen LogP contribution in [0.25, 0.3) is 0 Å². The average molecular weight is 219 g/mol. The van der Waals surface area contributed by atoms with Gasteiger partial charge in [0.15, 0.2) is 11.6 Å². The highest BCUT2D eigenvalue weighted by molar-refractivity contribution is 5.95. The molecule has 0 unspecified atom stereocenters. The summed E-state index contributed by atoms with van der Waals surface area (Å²) < 4.78 is 1.87. The second-order valence-corrected chi connectivity index (χ2v) is 3.54. The van der Waals surface area contributed by atoms with Crippen LogP contribution in [0.15, 0.2) is 18.5 Å². The van der Waals surface area contributed by atoms with Crippen LogP contribution in [0.2, 0.25) is 0 Å². The largest absolute Gasteiger partial charge is 0.346 e. The first kappa shape index (κ1) is 10.5. The predicted molar refractivity (Wildman–Crippen MR) is 57.0 cm³/mol. The molecule has 0 atom stereocenters. The van der Waals surface area contributed by atoms with Crippen LogP contribution < -0.4 is 0 Å². The van der Waals surface area contributed by atoms with E-state index < -0.39 is 0 Å². The maximum Gasteiger partial charge on any atom is 0.194 e. The van der Waals surface area contributed by atoms with Crippen molar-refractivity contribution in [2.45, 2.75) is 19.9 Å². The molecule has 0 saturated heterocycles. The molecule has 2 heterocycles. The summed E-state index contributed by atoms with van der Waals surface area (Å²) in [5.74, 6) is 0.777. The normalized spacial score (nSPS) is 10.6. The number of nitrogens with zero attached hydrogens (tertiary/aromatic N) is 5. The second-order valence-electron chi connectivity index (χ2n) is 3.54. The van der Waals surface area contributed by atoms with Gasteiger partial charge in [-0.1, -0.05) is 6.92 Å². The molecule has 0 amide bonds. The third-order valence-corrected chi connectivity index (χ3v) is 2.27. The summed E-state index contributed by atoms with van der Waals surface area (Å²) in [5, 5.41) is 11.7. The average Bonchev–Trinajstić information content (AvgIpc) is 2.87. The van der Waals surface area contributed by atoms with Crippen LogP contribution in [0, 0.1) is 0 Å². The summed E-state index contributed by atoms with van der Waals surface area (Å²) in [4.78, 5) is 12.8. The monoisotopic (exact) mass is 219 g/mol. The SMILES string of the molecule is CCC(=O)c1ccn(Cc2nnn(C)n2)c1. The Morgan fingerprint density at radius 2 is 2.31 bits per heavy atom. The summed E-state index contributed by atoms with van der Waals surface area (Å²) in [7, 11) is 1.72. The zero-order chi connectivity index (χ0) is 11.5. The first-order chi connectivity index (χ1) is 7.69. The number of ketones is 1. The summed E-state index contributed by atoms with van der Waals surface area (Å²) in [6, 6.07) is 1.81. The van der Waals surface area contributed by atoms with Crippen LogP contribution in [0.5, 0.6) is 0 Å². The first-order valence-corrected chi connectivity index (χ1v) is 5.11. The lowest BCUT2D eigenvalue weighted by atomic mass is 10.2. The van der Waals surface area contributed by atoms with E-state index in [1.54, 1.807) is 7.05 Å². The van der Waals surface area contributed by atoms with E-state index in [9.17, 15) is 4.79 Å². The quantitative estimate of drug-likeness (QED) is 0.708. The molecule has 0 bridgehead atoms. The maximum absolute atomic E-state index is 11.4. The Balaban J connectivity index is 2.11. The Morgan fingerprint density at radius 1 is 1.50 bits per heavy atom. The highest BCUT2D eigenvalue weighted by atomic mass is 16.1. The molecule has 0 fully saturated rings. The summed E-state index contributed by atoms with van der Waals surface area (Å²) in [6.07, 6.45) is 4.18. The molecular weight excluding hydrogens is 206 g/mol. The molecule has 2 rings (SSSR count). The number of carbonyl (C=O) groups is 1. The molecule has 2 aromatic heterocycles. The number of hydrogen-bond donors (Lipinski definition) is 0. The minimum absolute atomic E-state index is 0.144. The van der Waals surface area contributed by atoms with Crippen molar-refractivity contribution < 1.29 is 4.79 Å². The molecule has 6 nitrogen and oxygen atoms in total. The number of aryl methyl sites for hydroxylation is 1. The van der Waals surface area contributed by atoms with Gasteiger partial charge in [0.1, 0.15) is 0 Å². The molecule has 6 heteroatoms. The third kappa shape index (κ3) is 2.16. The Morgan fingerprint density at radius 3 is 2.94 bits per heavy atom. The van der Waals surface area contributed by atoms with E-state index in [2.05, 4.69) is 15.4 Å². The fourth-order valence-corrected chi connectivity index (χ4v) is 1.46. The number of rotatable bonds is 4. The minimum Gasteiger partial charge on any atom is -0.346 e. The number of Topliss-reactive ketones (excluding diaryl/α,β-unsaturated/α-hetero) is 1. The van der Waals surface area contributed by atoms with Gasteiger partial charge < -0.3 is 4.57 Å². The van der Waals surface area contributed by atoms with E-state index in [1.165, 1.54) is 4.80 Å². The van der Waals surface area contributed by atoms with Crippen LogP contribution in [-0.4, -0.2) is 30.6 Å². The fraction of sp³-hybridized carbons (Fsp3) is 0.400. The Hall–Kier alpha value is -1.98. The van der Waals surface area contributed by atoms with Gasteiger partial charge in [-0.05, 0) is 11.3 Å². The van der Waals surface area contributed by atoms with Crippen LogP contribution in [0.3, 0.4) is 0 Å². The lowest BCUT2D eigenvalue weighted by Gasteiger charge is -1.96. The Labute approximate surface area is 92.9 Å². The summed E-state index contributed by atoms with van der Waals surface area (Å²) in [5.41, 5.74) is 0.728. The molecule has 2 aromatic rings. The third-order valence-electron chi connectivity index (χ3n) is 2.27. The molecule has 0 aliphatic rings. The van der Waals surface area contributed by atoms with Gasteiger partial charge in [0.05, 0.1) is 13.6 Å². The molecule has 0 aromatic carbocycles. The number of aromatic nitrogens is 5. The zero-order valence-electron chi connectivity index (χ0n) is 9.29. The molecule has 0 radical (unpaired) electrons. The van der Waals surface area contributed by atoms with Crippen LogP contribution in [0.1, 0.15) is 29.5 Å². The standard InChI is InChI=1S/C10H13N5O/c1-3-9(16)8-4-5-15(6-8)7-10-11-13-14(2)12-10/h4-6H,3,7H2,1-2H3.